The van der Waals surface area contributed by atoms with E-state index in [2.05, 4.69) is 4.98 Å². The fraction of sp³-hybridized carbons (Fsp3) is 0.333. The van der Waals surface area contributed by atoms with E-state index < -0.39 is 0 Å². The minimum absolute atomic E-state index is 0.0155. The highest BCUT2D eigenvalue weighted by molar-refractivity contribution is 6.32. The van der Waals surface area contributed by atoms with Crippen LogP contribution in [0.15, 0.2) is 12.1 Å². The average Bonchev–Trinajstić information content (AvgIpc) is 2.51. The number of nitrogens with one attached hydrogen (secondary N) is 1. The number of aromatic amines is 1. The van der Waals surface area contributed by atoms with Gasteiger partial charge in [-0.15, -0.1) is 0 Å². The van der Waals surface area contributed by atoms with Crippen LogP contribution in [-0.2, 0) is 0 Å². The second-order valence-electron chi connectivity index (χ2n) is 3.98. The highest BCUT2D eigenvalue weighted by Gasteiger charge is 2.14. The standard InChI is InChI=1S/C12H15ClN2O/c1-6(14)12-7(2)15-10-5-11(16-3)9(13)4-8(10)12/h4-6,15H,14H2,1-3H3. The van der Waals surface area contributed by atoms with Gasteiger partial charge in [0, 0.05) is 28.7 Å². The molecule has 0 saturated heterocycles. The maximum atomic E-state index is 6.11. The Balaban J connectivity index is 2.76. The van der Waals surface area contributed by atoms with Crippen LogP contribution < -0.4 is 10.5 Å². The molecule has 3 N–H and O–H groups in total. The summed E-state index contributed by atoms with van der Waals surface area (Å²) in [5.41, 5.74) is 9.15. The first-order chi connectivity index (χ1) is 7.54. The number of nitrogens with two attached hydrogens (primary N) is 1. The molecule has 1 aromatic heterocycles. The Labute approximate surface area is 99.5 Å². The molecule has 3 nitrogen and oxygen atoms in total. The number of aryl methyl sites for hydroxylation is 1. The second-order valence-corrected chi connectivity index (χ2v) is 4.39. The molecule has 0 bridgehead atoms. The summed E-state index contributed by atoms with van der Waals surface area (Å²) < 4.78 is 5.18. The van der Waals surface area contributed by atoms with Gasteiger partial charge in [0.15, 0.2) is 0 Å². The molecule has 0 radical (unpaired) electrons. The van der Waals surface area contributed by atoms with Crippen LogP contribution in [-0.4, -0.2) is 12.1 Å². The Kier molecular flexibility index (Phi) is 2.82. The van der Waals surface area contributed by atoms with Crippen molar-refractivity contribution in [3.8, 4) is 5.75 Å². The lowest BCUT2D eigenvalue weighted by Crippen LogP contribution is -2.05. The number of rotatable bonds is 2. The molecule has 0 aliphatic rings. The number of hydrogen-bond donors (Lipinski definition) is 2. The Bertz CT molecular complexity index is 531. The highest BCUT2D eigenvalue weighted by atomic mass is 35.5. The third-order valence-corrected chi connectivity index (χ3v) is 3.06. The van der Waals surface area contributed by atoms with Crippen molar-refractivity contribution in [3.63, 3.8) is 0 Å². The molecule has 1 heterocycles. The van der Waals surface area contributed by atoms with Crippen molar-refractivity contribution in [1.82, 2.24) is 4.98 Å². The molecule has 2 aromatic rings. The molecular weight excluding hydrogens is 224 g/mol. The molecule has 16 heavy (non-hydrogen) atoms. The van der Waals surface area contributed by atoms with Crippen LogP contribution in [0.25, 0.3) is 10.9 Å². The van der Waals surface area contributed by atoms with Gasteiger partial charge in [-0.05, 0) is 25.5 Å². The summed E-state index contributed by atoms with van der Waals surface area (Å²) in [6.45, 7) is 3.98. The van der Waals surface area contributed by atoms with Crippen LogP contribution in [0.1, 0.15) is 24.2 Å². The van der Waals surface area contributed by atoms with Crippen LogP contribution in [0.5, 0.6) is 5.75 Å². The topological polar surface area (TPSA) is 51.0 Å². The Morgan fingerprint density at radius 2 is 2.12 bits per heavy atom. The lowest BCUT2D eigenvalue weighted by molar-refractivity contribution is 0.415. The molecule has 0 aliphatic heterocycles. The maximum absolute atomic E-state index is 6.11. The van der Waals surface area contributed by atoms with Crippen LogP contribution in [0.3, 0.4) is 0 Å². The minimum atomic E-state index is -0.0155. The number of H-pyrrole nitrogens is 1. The molecule has 86 valence electrons. The third kappa shape index (κ3) is 1.66. The largest absolute Gasteiger partial charge is 0.495 e. The second kappa shape index (κ2) is 4.00. The summed E-state index contributed by atoms with van der Waals surface area (Å²) in [5, 5.41) is 1.68. The van der Waals surface area contributed by atoms with Crippen LogP contribution in [0, 0.1) is 6.92 Å². The summed E-state index contributed by atoms with van der Waals surface area (Å²) in [5.74, 6) is 0.673. The minimum Gasteiger partial charge on any atom is -0.495 e. The summed E-state index contributed by atoms with van der Waals surface area (Å²) in [7, 11) is 1.61. The molecule has 1 aromatic carbocycles. The van der Waals surface area contributed by atoms with Gasteiger partial charge in [-0.2, -0.15) is 0 Å². The van der Waals surface area contributed by atoms with Crippen molar-refractivity contribution < 1.29 is 4.74 Å². The van der Waals surface area contributed by atoms with E-state index in [1.54, 1.807) is 7.11 Å². The number of benzene rings is 1. The highest BCUT2D eigenvalue weighted by Crippen LogP contribution is 2.34. The smallest absolute Gasteiger partial charge is 0.139 e. The lowest BCUT2D eigenvalue weighted by Gasteiger charge is -2.06. The molecule has 4 heteroatoms. The molecule has 1 unspecified atom stereocenters. The third-order valence-electron chi connectivity index (χ3n) is 2.76. The summed E-state index contributed by atoms with van der Waals surface area (Å²) in [6.07, 6.45) is 0. The fourth-order valence-electron chi connectivity index (χ4n) is 2.09. The molecule has 0 fully saturated rings. The van der Waals surface area contributed by atoms with E-state index in [1.165, 1.54) is 0 Å². The number of halogens is 1. The van der Waals surface area contributed by atoms with Gasteiger partial charge in [-0.3, -0.25) is 0 Å². The van der Waals surface area contributed by atoms with Gasteiger partial charge < -0.3 is 15.5 Å². The summed E-state index contributed by atoms with van der Waals surface area (Å²) >= 11 is 6.11. The SMILES string of the molecule is COc1cc2[nH]c(C)c(C(C)N)c2cc1Cl. The first kappa shape index (κ1) is 11.3. The zero-order valence-corrected chi connectivity index (χ0v) is 10.4. The Hall–Kier alpha value is -1.19. The quantitative estimate of drug-likeness (QED) is 0.845. The Morgan fingerprint density at radius 3 is 2.69 bits per heavy atom. The van der Waals surface area contributed by atoms with Gasteiger partial charge in [0.1, 0.15) is 5.75 Å². The predicted octanol–water partition coefficient (Wildman–Crippen LogP) is 3.16. The van der Waals surface area contributed by atoms with Gasteiger partial charge in [0.05, 0.1) is 12.1 Å². The van der Waals surface area contributed by atoms with Crippen LogP contribution in [0.4, 0.5) is 0 Å². The van der Waals surface area contributed by atoms with E-state index in [-0.39, 0.29) is 6.04 Å². The van der Waals surface area contributed by atoms with Gasteiger partial charge in [-0.25, -0.2) is 0 Å². The first-order valence-electron chi connectivity index (χ1n) is 5.16. The van der Waals surface area contributed by atoms with Gasteiger partial charge in [0.25, 0.3) is 0 Å². The van der Waals surface area contributed by atoms with Gasteiger partial charge in [-0.1, -0.05) is 11.6 Å². The fourth-order valence-corrected chi connectivity index (χ4v) is 2.34. The van der Waals surface area contributed by atoms with Crippen molar-refractivity contribution in [2.45, 2.75) is 19.9 Å². The monoisotopic (exact) mass is 238 g/mol. The van der Waals surface area contributed by atoms with Crippen molar-refractivity contribution >= 4 is 22.5 Å². The molecule has 0 spiro atoms. The summed E-state index contributed by atoms with van der Waals surface area (Å²) in [4.78, 5) is 3.29. The normalized spacial score (nSPS) is 13.1. The van der Waals surface area contributed by atoms with E-state index >= 15 is 0 Å². The first-order valence-corrected chi connectivity index (χ1v) is 5.53. The number of fused-ring (bicyclic) bond motifs is 1. The van der Waals surface area contributed by atoms with Crippen LogP contribution >= 0.6 is 11.6 Å². The van der Waals surface area contributed by atoms with Crippen molar-refractivity contribution in [3.05, 3.63) is 28.4 Å². The average molecular weight is 239 g/mol. The van der Waals surface area contributed by atoms with E-state index in [0.717, 1.165) is 22.2 Å². The molecular formula is C12H15ClN2O. The van der Waals surface area contributed by atoms with Crippen molar-refractivity contribution in [2.24, 2.45) is 5.73 Å². The number of hydrogen-bond acceptors (Lipinski definition) is 2. The molecule has 0 amide bonds. The van der Waals surface area contributed by atoms with Crippen molar-refractivity contribution in [2.75, 3.05) is 7.11 Å². The Morgan fingerprint density at radius 1 is 1.44 bits per heavy atom. The zero-order valence-electron chi connectivity index (χ0n) is 9.60. The van der Waals surface area contributed by atoms with E-state index in [9.17, 15) is 0 Å². The van der Waals surface area contributed by atoms with E-state index in [0.29, 0.717) is 10.8 Å². The molecule has 2 rings (SSSR count). The molecule has 0 aliphatic carbocycles. The number of aromatic nitrogens is 1. The van der Waals surface area contributed by atoms with E-state index in [1.807, 2.05) is 26.0 Å². The zero-order chi connectivity index (χ0) is 11.9. The lowest BCUT2D eigenvalue weighted by atomic mass is 10.1. The van der Waals surface area contributed by atoms with Gasteiger partial charge in [0.2, 0.25) is 0 Å². The molecule has 1 atom stereocenters. The summed E-state index contributed by atoms with van der Waals surface area (Å²) in [6, 6.07) is 3.78. The van der Waals surface area contributed by atoms with Crippen molar-refractivity contribution in [1.29, 1.82) is 0 Å². The van der Waals surface area contributed by atoms with Crippen LogP contribution in [0.2, 0.25) is 5.02 Å². The van der Waals surface area contributed by atoms with E-state index in [4.69, 9.17) is 22.1 Å². The molecule has 0 saturated carbocycles. The maximum Gasteiger partial charge on any atom is 0.139 e. The number of methoxy groups -OCH3 is 1. The number of ether oxygens (including phenoxy) is 1. The predicted molar refractivity (Wildman–Crippen MR) is 67.2 cm³/mol. The van der Waals surface area contributed by atoms with Gasteiger partial charge >= 0.3 is 0 Å².